The SMILES string of the molecule is CCOc1ccc(CCC(=O)Nc2ccc(C(C)C)cc2)cc1. The molecule has 0 fully saturated rings. The first kappa shape index (κ1) is 17.1. The van der Waals surface area contributed by atoms with Gasteiger partial charge in [-0.25, -0.2) is 0 Å². The van der Waals surface area contributed by atoms with Crippen molar-refractivity contribution in [2.45, 2.75) is 39.5 Å². The number of aryl methyl sites for hydroxylation is 1. The summed E-state index contributed by atoms with van der Waals surface area (Å²) in [5.41, 5.74) is 3.27. The van der Waals surface area contributed by atoms with Gasteiger partial charge in [0.25, 0.3) is 0 Å². The van der Waals surface area contributed by atoms with Crippen LogP contribution in [-0.2, 0) is 11.2 Å². The second kappa shape index (κ2) is 8.37. The van der Waals surface area contributed by atoms with Crippen molar-refractivity contribution in [2.75, 3.05) is 11.9 Å². The van der Waals surface area contributed by atoms with Crippen LogP contribution in [0.1, 0.15) is 44.2 Å². The highest BCUT2D eigenvalue weighted by atomic mass is 16.5. The maximum Gasteiger partial charge on any atom is 0.224 e. The number of carbonyl (C=O) groups is 1. The third-order valence-corrected chi connectivity index (χ3v) is 3.74. The molecule has 3 nitrogen and oxygen atoms in total. The van der Waals surface area contributed by atoms with E-state index in [1.807, 2.05) is 43.3 Å². The Morgan fingerprint density at radius 1 is 1.04 bits per heavy atom. The maximum absolute atomic E-state index is 12.0. The van der Waals surface area contributed by atoms with E-state index >= 15 is 0 Å². The van der Waals surface area contributed by atoms with Crippen LogP contribution in [0.15, 0.2) is 48.5 Å². The molecule has 2 aromatic carbocycles. The average molecular weight is 311 g/mol. The van der Waals surface area contributed by atoms with Crippen LogP contribution in [-0.4, -0.2) is 12.5 Å². The summed E-state index contributed by atoms with van der Waals surface area (Å²) in [6.07, 6.45) is 1.20. The smallest absolute Gasteiger partial charge is 0.224 e. The van der Waals surface area contributed by atoms with Gasteiger partial charge in [0, 0.05) is 12.1 Å². The second-order valence-electron chi connectivity index (χ2n) is 5.90. The molecule has 0 saturated carbocycles. The molecule has 0 spiro atoms. The Labute approximate surface area is 138 Å². The number of rotatable bonds is 7. The zero-order chi connectivity index (χ0) is 16.7. The Balaban J connectivity index is 1.82. The molecule has 2 aromatic rings. The van der Waals surface area contributed by atoms with Gasteiger partial charge in [-0.05, 0) is 54.7 Å². The van der Waals surface area contributed by atoms with Gasteiger partial charge in [0.15, 0.2) is 0 Å². The Hall–Kier alpha value is -2.29. The monoisotopic (exact) mass is 311 g/mol. The zero-order valence-electron chi connectivity index (χ0n) is 14.1. The van der Waals surface area contributed by atoms with Gasteiger partial charge >= 0.3 is 0 Å². The number of nitrogens with one attached hydrogen (secondary N) is 1. The van der Waals surface area contributed by atoms with Crippen LogP contribution in [0.2, 0.25) is 0 Å². The van der Waals surface area contributed by atoms with Gasteiger partial charge in [0.2, 0.25) is 5.91 Å². The van der Waals surface area contributed by atoms with E-state index < -0.39 is 0 Å². The lowest BCUT2D eigenvalue weighted by molar-refractivity contribution is -0.116. The molecule has 0 aliphatic heterocycles. The summed E-state index contributed by atoms with van der Waals surface area (Å²) >= 11 is 0. The van der Waals surface area contributed by atoms with Crippen LogP contribution in [0.4, 0.5) is 5.69 Å². The van der Waals surface area contributed by atoms with Crippen molar-refractivity contribution in [1.29, 1.82) is 0 Å². The van der Waals surface area contributed by atoms with E-state index in [1.165, 1.54) is 5.56 Å². The Morgan fingerprint density at radius 2 is 1.70 bits per heavy atom. The molecule has 122 valence electrons. The number of carbonyl (C=O) groups excluding carboxylic acids is 1. The van der Waals surface area contributed by atoms with Crippen LogP contribution < -0.4 is 10.1 Å². The molecule has 1 amide bonds. The molecule has 0 atom stereocenters. The number of anilines is 1. The lowest BCUT2D eigenvalue weighted by Crippen LogP contribution is -2.12. The van der Waals surface area contributed by atoms with Crippen LogP contribution in [0, 0.1) is 0 Å². The Morgan fingerprint density at radius 3 is 2.26 bits per heavy atom. The minimum Gasteiger partial charge on any atom is -0.494 e. The first-order valence-electron chi connectivity index (χ1n) is 8.20. The fourth-order valence-electron chi connectivity index (χ4n) is 2.35. The van der Waals surface area contributed by atoms with E-state index in [2.05, 4.69) is 31.3 Å². The summed E-state index contributed by atoms with van der Waals surface area (Å²) in [6.45, 7) is 6.94. The molecular formula is C20H25NO2. The Kier molecular flexibility index (Phi) is 6.21. The largest absolute Gasteiger partial charge is 0.494 e. The van der Waals surface area contributed by atoms with Crippen LogP contribution in [0.5, 0.6) is 5.75 Å². The molecule has 2 rings (SSSR count). The van der Waals surface area contributed by atoms with Crippen molar-refractivity contribution in [1.82, 2.24) is 0 Å². The third kappa shape index (κ3) is 5.44. The van der Waals surface area contributed by atoms with Gasteiger partial charge < -0.3 is 10.1 Å². The van der Waals surface area contributed by atoms with Crippen molar-refractivity contribution in [2.24, 2.45) is 0 Å². The predicted octanol–water partition coefficient (Wildman–Crippen LogP) is 4.78. The van der Waals surface area contributed by atoms with E-state index in [0.717, 1.165) is 23.4 Å². The minimum atomic E-state index is 0.0381. The molecule has 3 heteroatoms. The van der Waals surface area contributed by atoms with Gasteiger partial charge in [-0.2, -0.15) is 0 Å². The van der Waals surface area contributed by atoms with Crippen molar-refractivity contribution < 1.29 is 9.53 Å². The minimum absolute atomic E-state index is 0.0381. The Bertz CT molecular complexity index is 615. The fraction of sp³-hybridized carbons (Fsp3) is 0.350. The molecule has 0 aliphatic carbocycles. The normalized spacial score (nSPS) is 10.6. The molecule has 0 saturated heterocycles. The predicted molar refractivity (Wildman–Crippen MR) is 95.1 cm³/mol. The van der Waals surface area contributed by atoms with Gasteiger partial charge in [0.1, 0.15) is 5.75 Å². The first-order valence-corrected chi connectivity index (χ1v) is 8.20. The highest BCUT2D eigenvalue weighted by Gasteiger charge is 2.05. The summed E-state index contributed by atoms with van der Waals surface area (Å²) in [7, 11) is 0. The summed E-state index contributed by atoms with van der Waals surface area (Å²) < 4.78 is 5.41. The first-order chi connectivity index (χ1) is 11.1. The molecule has 0 radical (unpaired) electrons. The van der Waals surface area contributed by atoms with E-state index in [-0.39, 0.29) is 5.91 Å². The second-order valence-corrected chi connectivity index (χ2v) is 5.90. The molecule has 0 aliphatic rings. The number of hydrogen-bond donors (Lipinski definition) is 1. The average Bonchev–Trinajstić information content (AvgIpc) is 2.55. The van der Waals surface area contributed by atoms with Gasteiger partial charge in [0.05, 0.1) is 6.61 Å². The van der Waals surface area contributed by atoms with Crippen LogP contribution in [0.25, 0.3) is 0 Å². The summed E-state index contributed by atoms with van der Waals surface area (Å²) in [5, 5.41) is 2.95. The van der Waals surface area contributed by atoms with Gasteiger partial charge in [-0.15, -0.1) is 0 Å². The highest BCUT2D eigenvalue weighted by molar-refractivity contribution is 5.90. The molecular weight excluding hydrogens is 286 g/mol. The van der Waals surface area contributed by atoms with Crippen molar-refractivity contribution in [3.63, 3.8) is 0 Å². The zero-order valence-corrected chi connectivity index (χ0v) is 14.1. The van der Waals surface area contributed by atoms with Crippen molar-refractivity contribution in [3.8, 4) is 5.75 Å². The number of amides is 1. The number of hydrogen-bond acceptors (Lipinski definition) is 2. The van der Waals surface area contributed by atoms with E-state index in [1.54, 1.807) is 0 Å². The quantitative estimate of drug-likeness (QED) is 0.799. The van der Waals surface area contributed by atoms with Gasteiger partial charge in [-0.3, -0.25) is 4.79 Å². The number of ether oxygens (including phenoxy) is 1. The van der Waals surface area contributed by atoms with Crippen LogP contribution in [0.3, 0.4) is 0 Å². The lowest BCUT2D eigenvalue weighted by Gasteiger charge is -2.09. The fourth-order valence-corrected chi connectivity index (χ4v) is 2.35. The third-order valence-electron chi connectivity index (χ3n) is 3.74. The van der Waals surface area contributed by atoms with Crippen molar-refractivity contribution in [3.05, 3.63) is 59.7 Å². The molecule has 0 heterocycles. The van der Waals surface area contributed by atoms with Crippen molar-refractivity contribution >= 4 is 11.6 Å². The van der Waals surface area contributed by atoms with E-state index in [9.17, 15) is 4.79 Å². The summed E-state index contributed by atoms with van der Waals surface area (Å²) in [4.78, 5) is 12.0. The van der Waals surface area contributed by atoms with E-state index in [0.29, 0.717) is 18.9 Å². The maximum atomic E-state index is 12.0. The molecule has 0 unspecified atom stereocenters. The topological polar surface area (TPSA) is 38.3 Å². The van der Waals surface area contributed by atoms with Gasteiger partial charge in [-0.1, -0.05) is 38.1 Å². The van der Waals surface area contributed by atoms with E-state index in [4.69, 9.17) is 4.74 Å². The molecule has 0 bridgehead atoms. The lowest BCUT2D eigenvalue weighted by atomic mass is 10.0. The molecule has 23 heavy (non-hydrogen) atoms. The number of benzene rings is 2. The molecule has 1 N–H and O–H groups in total. The summed E-state index contributed by atoms with van der Waals surface area (Å²) in [6, 6.07) is 16.0. The highest BCUT2D eigenvalue weighted by Crippen LogP contribution is 2.18. The molecule has 0 aromatic heterocycles. The standard InChI is InChI=1S/C20H25NO2/c1-4-23-19-12-5-16(6-13-19)7-14-20(22)21-18-10-8-17(9-11-18)15(2)3/h5-6,8-13,15H,4,7,14H2,1-3H3,(H,21,22). The summed E-state index contributed by atoms with van der Waals surface area (Å²) in [5.74, 6) is 1.40. The van der Waals surface area contributed by atoms with Crippen LogP contribution >= 0.6 is 0 Å².